The number of hydrogen-bond acceptors (Lipinski definition) is 5. The van der Waals surface area contributed by atoms with Crippen molar-refractivity contribution in [3.05, 3.63) is 68.8 Å². The molecular weight excluding hydrogens is 581 g/mol. The van der Waals surface area contributed by atoms with Crippen LogP contribution in [0, 0.1) is 15.2 Å². The summed E-state index contributed by atoms with van der Waals surface area (Å²) >= 11 is 2.23. The van der Waals surface area contributed by atoms with Crippen LogP contribution in [0.3, 0.4) is 0 Å². The van der Waals surface area contributed by atoms with Gasteiger partial charge >= 0.3 is 0 Å². The Bertz CT molecular complexity index is 1040. The number of nitrogens with one attached hydrogen (secondary N) is 2. The van der Waals surface area contributed by atoms with Gasteiger partial charge in [-0.25, -0.2) is 8.78 Å². The van der Waals surface area contributed by atoms with E-state index < -0.39 is 23.8 Å². The summed E-state index contributed by atoms with van der Waals surface area (Å²) in [5.74, 6) is -1.83. The molecule has 1 heterocycles. The van der Waals surface area contributed by atoms with Crippen LogP contribution in [0.4, 0.5) is 8.78 Å². The lowest BCUT2D eigenvalue weighted by Crippen LogP contribution is -2.56. The molecule has 0 bridgehead atoms. The van der Waals surface area contributed by atoms with Crippen LogP contribution in [0.2, 0.25) is 0 Å². The predicted octanol–water partition coefficient (Wildman–Crippen LogP) is 2.30. The van der Waals surface area contributed by atoms with E-state index in [1.807, 2.05) is 38.1 Å². The van der Waals surface area contributed by atoms with Crippen molar-refractivity contribution in [2.24, 2.45) is 0 Å². The lowest BCUT2D eigenvalue weighted by Gasteiger charge is -2.36. The van der Waals surface area contributed by atoms with E-state index in [1.165, 1.54) is 12.1 Å². The molecule has 0 aromatic heterocycles. The van der Waals surface area contributed by atoms with Crippen LogP contribution < -0.4 is 10.6 Å². The molecule has 1 fully saturated rings. The number of hydrogen-bond donors (Lipinski definition) is 3. The number of benzene rings is 2. The molecular formula is C26H33F2IN4O3. The monoisotopic (exact) mass is 614 g/mol. The zero-order valence-electron chi connectivity index (χ0n) is 20.5. The minimum Gasteiger partial charge on any atom is -0.390 e. The molecule has 2 aromatic rings. The maximum atomic E-state index is 13.8. The second-order valence-electron chi connectivity index (χ2n) is 9.38. The van der Waals surface area contributed by atoms with Crippen LogP contribution in [-0.2, 0) is 22.6 Å². The molecule has 0 aliphatic carbocycles. The molecule has 2 amide bonds. The van der Waals surface area contributed by atoms with Crippen molar-refractivity contribution in [2.45, 2.75) is 45.0 Å². The van der Waals surface area contributed by atoms with Crippen LogP contribution in [0.25, 0.3) is 0 Å². The number of nitrogens with zero attached hydrogens (tertiary/aromatic N) is 2. The largest absolute Gasteiger partial charge is 0.390 e. The summed E-state index contributed by atoms with van der Waals surface area (Å²) in [6.07, 6.45) is -0.963. The number of halogens is 3. The van der Waals surface area contributed by atoms with Crippen LogP contribution in [-0.4, -0.2) is 77.6 Å². The van der Waals surface area contributed by atoms with Crippen LogP contribution in [0.5, 0.6) is 0 Å². The van der Waals surface area contributed by atoms with E-state index in [4.69, 9.17) is 0 Å². The Labute approximate surface area is 224 Å². The Morgan fingerprint density at radius 2 is 1.83 bits per heavy atom. The van der Waals surface area contributed by atoms with Crippen molar-refractivity contribution in [3.63, 3.8) is 0 Å². The molecule has 1 aliphatic rings. The van der Waals surface area contributed by atoms with E-state index in [0.29, 0.717) is 25.2 Å². The smallest absolute Gasteiger partial charge is 0.237 e. The summed E-state index contributed by atoms with van der Waals surface area (Å²) < 4.78 is 28.6. The third kappa shape index (κ3) is 8.75. The molecule has 36 heavy (non-hydrogen) atoms. The lowest BCUT2D eigenvalue weighted by atomic mass is 10.0. The zero-order chi connectivity index (χ0) is 26.2. The van der Waals surface area contributed by atoms with Crippen LogP contribution in [0.15, 0.2) is 42.5 Å². The van der Waals surface area contributed by atoms with Gasteiger partial charge in [-0.1, -0.05) is 12.1 Å². The summed E-state index contributed by atoms with van der Waals surface area (Å²) in [6, 6.07) is 10.4. The summed E-state index contributed by atoms with van der Waals surface area (Å²) in [7, 11) is 0. The van der Waals surface area contributed by atoms with E-state index >= 15 is 0 Å². The average molecular weight is 614 g/mol. The van der Waals surface area contributed by atoms with Gasteiger partial charge in [0.25, 0.3) is 0 Å². The summed E-state index contributed by atoms with van der Waals surface area (Å²) in [5, 5.41) is 16.9. The third-order valence-corrected chi connectivity index (χ3v) is 6.76. The van der Waals surface area contributed by atoms with Crippen LogP contribution >= 0.6 is 22.6 Å². The number of rotatable bonds is 11. The topological polar surface area (TPSA) is 84.9 Å². The molecule has 3 rings (SSSR count). The number of aliphatic hydroxyl groups excluding tert-OH is 1. The Balaban J connectivity index is 1.62. The van der Waals surface area contributed by atoms with E-state index in [9.17, 15) is 23.5 Å². The number of aliphatic hydroxyl groups is 1. The summed E-state index contributed by atoms with van der Waals surface area (Å²) in [5.41, 5.74) is 1.38. The molecule has 0 unspecified atom stereocenters. The van der Waals surface area contributed by atoms with Gasteiger partial charge in [0, 0.05) is 41.9 Å². The predicted molar refractivity (Wildman–Crippen MR) is 142 cm³/mol. The van der Waals surface area contributed by atoms with Crippen LogP contribution in [0.1, 0.15) is 25.0 Å². The van der Waals surface area contributed by atoms with Crippen molar-refractivity contribution in [2.75, 3.05) is 32.7 Å². The van der Waals surface area contributed by atoms with Gasteiger partial charge in [0.05, 0.1) is 25.2 Å². The fraction of sp³-hybridized carbons (Fsp3) is 0.462. The highest BCUT2D eigenvalue weighted by Crippen LogP contribution is 2.13. The van der Waals surface area contributed by atoms with Gasteiger partial charge in [-0.2, -0.15) is 0 Å². The zero-order valence-corrected chi connectivity index (χ0v) is 22.7. The van der Waals surface area contributed by atoms with Crippen molar-refractivity contribution in [1.82, 2.24) is 20.4 Å². The van der Waals surface area contributed by atoms with E-state index in [2.05, 4.69) is 33.2 Å². The highest BCUT2D eigenvalue weighted by atomic mass is 127. The van der Waals surface area contributed by atoms with Gasteiger partial charge in [-0.3, -0.25) is 14.5 Å². The molecule has 1 aliphatic heterocycles. The highest BCUT2D eigenvalue weighted by Gasteiger charge is 2.28. The normalized spacial score (nSPS) is 16.3. The first kappa shape index (κ1) is 28.4. The van der Waals surface area contributed by atoms with Crippen molar-refractivity contribution >= 4 is 34.4 Å². The number of carbonyl (C=O) groups is 2. The molecule has 10 heteroatoms. The van der Waals surface area contributed by atoms with Crippen molar-refractivity contribution in [1.29, 1.82) is 0 Å². The quantitative estimate of drug-likeness (QED) is 0.339. The first-order valence-electron chi connectivity index (χ1n) is 12.0. The number of carbonyl (C=O) groups excluding carboxylic acids is 2. The second kappa shape index (κ2) is 13.4. The minimum atomic E-state index is -1.01. The molecule has 1 saturated heterocycles. The molecule has 2 atom stereocenters. The van der Waals surface area contributed by atoms with Gasteiger partial charge in [0.15, 0.2) is 0 Å². The molecule has 7 nitrogen and oxygen atoms in total. The fourth-order valence-corrected chi connectivity index (χ4v) is 4.90. The average Bonchev–Trinajstić information content (AvgIpc) is 2.77. The second-order valence-corrected chi connectivity index (χ2v) is 10.6. The maximum absolute atomic E-state index is 13.8. The molecule has 0 radical (unpaired) electrons. The van der Waals surface area contributed by atoms with Crippen molar-refractivity contribution < 1.29 is 23.5 Å². The first-order chi connectivity index (χ1) is 17.1. The van der Waals surface area contributed by atoms with Gasteiger partial charge < -0.3 is 20.6 Å². The van der Waals surface area contributed by atoms with E-state index in [-0.39, 0.29) is 43.9 Å². The lowest BCUT2D eigenvalue weighted by molar-refractivity contribution is -0.139. The summed E-state index contributed by atoms with van der Waals surface area (Å²) in [4.78, 5) is 28.7. The Morgan fingerprint density at radius 1 is 1.11 bits per heavy atom. The van der Waals surface area contributed by atoms with Gasteiger partial charge in [-0.05, 0) is 78.3 Å². The Kier molecular flexibility index (Phi) is 10.6. The van der Waals surface area contributed by atoms with Gasteiger partial charge in [0.1, 0.15) is 11.6 Å². The van der Waals surface area contributed by atoms with Crippen molar-refractivity contribution in [3.8, 4) is 0 Å². The minimum absolute atomic E-state index is 0.00567. The molecule has 3 N–H and O–H groups in total. The molecule has 0 saturated carbocycles. The fourth-order valence-electron chi connectivity index (χ4n) is 4.29. The summed E-state index contributed by atoms with van der Waals surface area (Å²) in [6.45, 7) is 5.84. The Morgan fingerprint density at radius 3 is 2.47 bits per heavy atom. The molecule has 2 aromatic carbocycles. The van der Waals surface area contributed by atoms with Gasteiger partial charge in [0.2, 0.25) is 11.8 Å². The maximum Gasteiger partial charge on any atom is 0.237 e. The highest BCUT2D eigenvalue weighted by molar-refractivity contribution is 14.1. The number of amides is 2. The van der Waals surface area contributed by atoms with E-state index in [1.54, 1.807) is 9.80 Å². The first-order valence-corrected chi connectivity index (χ1v) is 13.1. The molecule has 0 spiro atoms. The third-order valence-electron chi connectivity index (χ3n) is 6.09. The van der Waals surface area contributed by atoms with E-state index in [0.717, 1.165) is 15.2 Å². The standard InChI is InChI=1S/C26H33F2IN4O3/c1-17(2)33-7-6-32(16-26(33)36)15-25(35)31-23(11-19-8-20(27)12-21(28)9-19)24(34)14-30-13-18-4-3-5-22(29)10-18/h3-5,8-10,12,17,23-24,30,34H,6-7,11,13-16H2,1-2H3,(H,31,35)/t23-,24-/m0/s1. The Hall–Kier alpha value is -2.15. The number of piperazine rings is 1. The SMILES string of the molecule is CC(C)N1CCN(CC(=O)N[C@@H](Cc2cc(F)cc(F)c2)[C@@H](O)CNCc2cccc(I)c2)CC1=O. The van der Waals surface area contributed by atoms with Gasteiger partial charge in [-0.15, -0.1) is 0 Å². The molecule has 196 valence electrons.